The maximum Gasteiger partial charge on any atom is 0.256 e. The minimum atomic E-state index is -0.0837. The van der Waals surface area contributed by atoms with Crippen LogP contribution in [0.1, 0.15) is 17.3 Å². The van der Waals surface area contributed by atoms with Crippen molar-refractivity contribution in [1.29, 1.82) is 0 Å². The molecule has 1 aromatic heterocycles. The Bertz CT molecular complexity index is 373. The van der Waals surface area contributed by atoms with Crippen LogP contribution in [0.2, 0.25) is 5.15 Å². The summed E-state index contributed by atoms with van der Waals surface area (Å²) in [5.41, 5.74) is 0.458. The van der Waals surface area contributed by atoms with Gasteiger partial charge in [-0.2, -0.15) is 11.8 Å². The summed E-state index contributed by atoms with van der Waals surface area (Å²) in [6, 6.07) is 3.59. The maximum absolute atomic E-state index is 12.1. The van der Waals surface area contributed by atoms with E-state index in [0.717, 1.165) is 5.75 Å². The largest absolute Gasteiger partial charge is 0.338 e. The van der Waals surface area contributed by atoms with Crippen LogP contribution in [0.3, 0.4) is 0 Å². The second-order valence-corrected chi connectivity index (χ2v) is 4.83. The van der Waals surface area contributed by atoms with Crippen LogP contribution < -0.4 is 0 Å². The van der Waals surface area contributed by atoms with Gasteiger partial charge in [-0.15, -0.1) is 0 Å². The monoisotopic (exact) mass is 258 g/mol. The first-order valence-corrected chi connectivity index (χ1v) is 6.71. The molecular formula is C11H15ClN2OS. The Morgan fingerprint density at radius 2 is 2.38 bits per heavy atom. The number of hydrogen-bond acceptors (Lipinski definition) is 3. The second kappa shape index (κ2) is 6.11. The van der Waals surface area contributed by atoms with Gasteiger partial charge >= 0.3 is 0 Å². The molecule has 0 saturated heterocycles. The van der Waals surface area contributed by atoms with Crippen molar-refractivity contribution in [2.24, 2.45) is 0 Å². The van der Waals surface area contributed by atoms with Gasteiger partial charge in [0, 0.05) is 25.0 Å². The third-order valence-electron chi connectivity index (χ3n) is 2.38. The van der Waals surface area contributed by atoms with E-state index in [1.165, 1.54) is 0 Å². The summed E-state index contributed by atoms with van der Waals surface area (Å²) < 4.78 is 0. The molecule has 1 rings (SSSR count). The molecule has 0 N–H and O–H groups in total. The Balaban J connectivity index is 2.82. The Kier molecular flexibility index (Phi) is 5.09. The summed E-state index contributed by atoms with van der Waals surface area (Å²) in [5.74, 6) is 0.819. The first-order chi connectivity index (χ1) is 7.57. The predicted molar refractivity (Wildman–Crippen MR) is 69.2 cm³/mol. The van der Waals surface area contributed by atoms with Crippen LogP contribution in [0.5, 0.6) is 0 Å². The molecule has 1 amide bonds. The molecular weight excluding hydrogens is 244 g/mol. The standard InChI is InChI=1S/C11H15ClN2OS/c1-8(7-16-3)14(2)11(15)9-5-4-6-13-10(9)12/h4-6,8H,7H2,1-3H3. The molecule has 0 aliphatic heterocycles. The number of hydrogen-bond donors (Lipinski definition) is 0. The zero-order valence-corrected chi connectivity index (χ0v) is 11.2. The van der Waals surface area contributed by atoms with Gasteiger partial charge in [0.1, 0.15) is 5.15 Å². The minimum absolute atomic E-state index is 0.0837. The number of carbonyl (C=O) groups is 1. The first-order valence-electron chi connectivity index (χ1n) is 4.94. The summed E-state index contributed by atoms with van der Waals surface area (Å²) in [6.07, 6.45) is 3.59. The van der Waals surface area contributed by atoms with Crippen molar-refractivity contribution in [1.82, 2.24) is 9.88 Å². The van der Waals surface area contributed by atoms with E-state index in [-0.39, 0.29) is 17.1 Å². The predicted octanol–water partition coefficient (Wildman–Crippen LogP) is 2.56. The van der Waals surface area contributed by atoms with Crippen molar-refractivity contribution in [3.8, 4) is 0 Å². The molecule has 0 aliphatic carbocycles. The number of nitrogens with zero attached hydrogens (tertiary/aromatic N) is 2. The van der Waals surface area contributed by atoms with Gasteiger partial charge in [0.05, 0.1) is 5.56 Å². The number of thioether (sulfide) groups is 1. The smallest absolute Gasteiger partial charge is 0.256 e. The number of carbonyl (C=O) groups excluding carboxylic acids is 1. The van der Waals surface area contributed by atoms with Crippen molar-refractivity contribution >= 4 is 29.3 Å². The van der Waals surface area contributed by atoms with E-state index >= 15 is 0 Å². The topological polar surface area (TPSA) is 33.2 Å². The van der Waals surface area contributed by atoms with Crippen LogP contribution in [-0.4, -0.2) is 40.9 Å². The molecule has 3 nitrogen and oxygen atoms in total. The third kappa shape index (κ3) is 3.12. The lowest BCUT2D eigenvalue weighted by Gasteiger charge is -2.24. The SMILES string of the molecule is CSCC(C)N(C)C(=O)c1cccnc1Cl. The third-order valence-corrected chi connectivity index (χ3v) is 3.50. The van der Waals surface area contributed by atoms with E-state index in [0.29, 0.717) is 5.56 Å². The minimum Gasteiger partial charge on any atom is -0.338 e. The normalized spacial score (nSPS) is 12.2. The fourth-order valence-electron chi connectivity index (χ4n) is 1.29. The highest BCUT2D eigenvalue weighted by atomic mass is 35.5. The fraction of sp³-hybridized carbons (Fsp3) is 0.455. The molecule has 1 atom stereocenters. The molecule has 88 valence electrons. The molecule has 16 heavy (non-hydrogen) atoms. The van der Waals surface area contributed by atoms with E-state index in [1.54, 1.807) is 42.0 Å². The Morgan fingerprint density at radius 3 is 2.94 bits per heavy atom. The average molecular weight is 259 g/mol. The molecule has 0 aromatic carbocycles. The summed E-state index contributed by atoms with van der Waals surface area (Å²) in [4.78, 5) is 17.7. The van der Waals surface area contributed by atoms with E-state index < -0.39 is 0 Å². The highest BCUT2D eigenvalue weighted by Crippen LogP contribution is 2.15. The summed E-state index contributed by atoms with van der Waals surface area (Å²) >= 11 is 7.59. The first kappa shape index (κ1) is 13.3. The van der Waals surface area contributed by atoms with Crippen molar-refractivity contribution in [2.45, 2.75) is 13.0 Å². The van der Waals surface area contributed by atoms with Crippen molar-refractivity contribution < 1.29 is 4.79 Å². The molecule has 0 radical (unpaired) electrons. The highest BCUT2D eigenvalue weighted by Gasteiger charge is 2.19. The lowest BCUT2D eigenvalue weighted by molar-refractivity contribution is 0.0757. The number of rotatable bonds is 4. The number of aromatic nitrogens is 1. The van der Waals surface area contributed by atoms with E-state index in [2.05, 4.69) is 4.98 Å². The van der Waals surface area contributed by atoms with Crippen LogP contribution in [0.4, 0.5) is 0 Å². The summed E-state index contributed by atoms with van der Waals surface area (Å²) in [5, 5.41) is 0.260. The van der Waals surface area contributed by atoms with Crippen molar-refractivity contribution in [2.75, 3.05) is 19.1 Å². The molecule has 1 aromatic rings. The van der Waals surface area contributed by atoms with Gasteiger partial charge in [-0.05, 0) is 25.3 Å². The fourth-order valence-corrected chi connectivity index (χ4v) is 2.19. The zero-order valence-electron chi connectivity index (χ0n) is 9.61. The Morgan fingerprint density at radius 1 is 1.69 bits per heavy atom. The molecule has 5 heteroatoms. The number of amides is 1. The van der Waals surface area contributed by atoms with Crippen LogP contribution in [0.25, 0.3) is 0 Å². The van der Waals surface area contributed by atoms with E-state index in [1.807, 2.05) is 13.2 Å². The lowest BCUT2D eigenvalue weighted by atomic mass is 10.2. The van der Waals surface area contributed by atoms with Gasteiger partial charge in [0.2, 0.25) is 0 Å². The Hall–Kier alpha value is -0.740. The summed E-state index contributed by atoms with van der Waals surface area (Å²) in [6.45, 7) is 2.01. The molecule has 0 aliphatic rings. The Labute approximate surface area is 105 Å². The second-order valence-electron chi connectivity index (χ2n) is 3.56. The average Bonchev–Trinajstić information content (AvgIpc) is 2.28. The highest BCUT2D eigenvalue weighted by molar-refractivity contribution is 7.98. The van der Waals surface area contributed by atoms with E-state index in [4.69, 9.17) is 11.6 Å². The van der Waals surface area contributed by atoms with Gasteiger partial charge < -0.3 is 4.90 Å². The van der Waals surface area contributed by atoms with Gasteiger partial charge in [-0.3, -0.25) is 4.79 Å². The van der Waals surface area contributed by atoms with Gasteiger partial charge in [0.25, 0.3) is 5.91 Å². The maximum atomic E-state index is 12.1. The quantitative estimate of drug-likeness (QED) is 0.779. The van der Waals surface area contributed by atoms with Crippen molar-refractivity contribution in [3.63, 3.8) is 0 Å². The van der Waals surface area contributed by atoms with Crippen molar-refractivity contribution in [3.05, 3.63) is 29.0 Å². The van der Waals surface area contributed by atoms with Gasteiger partial charge in [-0.25, -0.2) is 4.98 Å². The van der Waals surface area contributed by atoms with Gasteiger partial charge in [0.15, 0.2) is 0 Å². The number of halogens is 1. The molecule has 0 spiro atoms. The molecule has 0 saturated carbocycles. The summed E-state index contributed by atoms with van der Waals surface area (Å²) in [7, 11) is 1.78. The van der Waals surface area contributed by atoms with Crippen LogP contribution in [-0.2, 0) is 0 Å². The molecule has 0 bridgehead atoms. The molecule has 1 unspecified atom stereocenters. The molecule has 0 fully saturated rings. The van der Waals surface area contributed by atoms with E-state index in [9.17, 15) is 4.79 Å². The van der Waals surface area contributed by atoms with Crippen LogP contribution in [0, 0.1) is 0 Å². The number of pyridine rings is 1. The zero-order chi connectivity index (χ0) is 12.1. The van der Waals surface area contributed by atoms with Crippen LogP contribution in [0.15, 0.2) is 18.3 Å². The van der Waals surface area contributed by atoms with Gasteiger partial charge in [-0.1, -0.05) is 11.6 Å². The lowest BCUT2D eigenvalue weighted by Crippen LogP contribution is -2.36. The molecule has 1 heterocycles. The van der Waals surface area contributed by atoms with Crippen LogP contribution >= 0.6 is 23.4 Å².